The number of imidazole rings is 1. The lowest BCUT2D eigenvalue weighted by molar-refractivity contribution is 0.0951. The molecule has 4 rings (SSSR count). The second-order valence-corrected chi connectivity index (χ2v) is 8.02. The molecule has 160 valence electrons. The van der Waals surface area contributed by atoms with Crippen molar-refractivity contribution in [3.63, 3.8) is 0 Å². The van der Waals surface area contributed by atoms with E-state index in [1.807, 2.05) is 41.1 Å². The third kappa shape index (κ3) is 5.12. The van der Waals surface area contributed by atoms with Crippen molar-refractivity contribution in [2.45, 2.75) is 13.1 Å². The number of hydrogen-bond donors (Lipinski definition) is 2. The maximum Gasteiger partial charge on any atom is 0.256 e. The van der Waals surface area contributed by atoms with Gasteiger partial charge in [0.2, 0.25) is 0 Å². The average Bonchev–Trinajstić information content (AvgIpc) is 3.32. The van der Waals surface area contributed by atoms with Gasteiger partial charge in [0, 0.05) is 30.0 Å². The van der Waals surface area contributed by atoms with Gasteiger partial charge in [-0.2, -0.15) is 0 Å². The molecule has 0 spiro atoms. The molecular weight excluding hydrogens is 468 g/mol. The van der Waals surface area contributed by atoms with E-state index in [1.54, 1.807) is 55.0 Å². The van der Waals surface area contributed by atoms with E-state index in [2.05, 4.69) is 31.5 Å². The molecule has 0 bridgehead atoms. The first-order valence-corrected chi connectivity index (χ1v) is 10.9. The number of hydrogen-bond acceptors (Lipinski definition) is 3. The van der Waals surface area contributed by atoms with Crippen LogP contribution in [0.3, 0.4) is 0 Å². The Morgan fingerprint density at radius 3 is 2.28 bits per heavy atom. The minimum atomic E-state index is -0.289. The molecule has 1 heterocycles. The predicted octanol–water partition coefficient (Wildman–Crippen LogP) is 4.88. The monoisotopic (exact) mass is 488 g/mol. The SMILES string of the molecule is O=C(Nc1ccccc1C(=O)NCc1ccccc1Cn1ccnc1)c1ccccc1Br. The summed E-state index contributed by atoms with van der Waals surface area (Å²) >= 11 is 3.39. The molecule has 0 saturated heterocycles. The van der Waals surface area contributed by atoms with Crippen LogP contribution in [0.2, 0.25) is 0 Å². The summed E-state index contributed by atoms with van der Waals surface area (Å²) in [7, 11) is 0. The molecule has 0 atom stereocenters. The second kappa shape index (κ2) is 10.1. The quantitative estimate of drug-likeness (QED) is 0.389. The topological polar surface area (TPSA) is 76.0 Å². The Morgan fingerprint density at radius 2 is 1.53 bits per heavy atom. The molecule has 0 radical (unpaired) electrons. The molecule has 0 unspecified atom stereocenters. The van der Waals surface area contributed by atoms with Crippen LogP contribution in [0.25, 0.3) is 0 Å². The van der Waals surface area contributed by atoms with Crippen LogP contribution in [-0.4, -0.2) is 21.4 Å². The summed E-state index contributed by atoms with van der Waals surface area (Å²) in [6.07, 6.45) is 5.41. The van der Waals surface area contributed by atoms with Crippen LogP contribution in [0.4, 0.5) is 5.69 Å². The number of carbonyl (C=O) groups is 2. The molecule has 2 amide bonds. The van der Waals surface area contributed by atoms with Crippen LogP contribution < -0.4 is 10.6 Å². The minimum Gasteiger partial charge on any atom is -0.348 e. The minimum absolute atomic E-state index is 0.259. The number of amides is 2. The fraction of sp³-hybridized carbons (Fsp3) is 0.0800. The molecule has 0 aliphatic heterocycles. The van der Waals surface area contributed by atoms with Gasteiger partial charge >= 0.3 is 0 Å². The molecule has 0 fully saturated rings. The molecule has 32 heavy (non-hydrogen) atoms. The number of carbonyl (C=O) groups excluding carboxylic acids is 2. The lowest BCUT2D eigenvalue weighted by atomic mass is 10.1. The summed E-state index contributed by atoms with van der Waals surface area (Å²) in [5.41, 5.74) is 3.47. The van der Waals surface area contributed by atoms with Crippen molar-refractivity contribution < 1.29 is 9.59 Å². The summed E-state index contributed by atoms with van der Waals surface area (Å²) in [6, 6.07) is 22.1. The zero-order valence-electron chi connectivity index (χ0n) is 17.2. The first-order chi connectivity index (χ1) is 15.6. The van der Waals surface area contributed by atoms with Gasteiger partial charge in [-0.15, -0.1) is 0 Å². The largest absolute Gasteiger partial charge is 0.348 e. The first-order valence-electron chi connectivity index (χ1n) is 10.1. The number of para-hydroxylation sites is 1. The van der Waals surface area contributed by atoms with Crippen LogP contribution in [0.5, 0.6) is 0 Å². The Bertz CT molecular complexity index is 1240. The standard InChI is InChI=1S/C25H21BrN4O2/c26-22-11-5-3-9-20(22)25(32)29-23-12-6-4-10-21(23)24(31)28-15-18-7-1-2-8-19(18)16-30-14-13-27-17-30/h1-14,17H,15-16H2,(H,28,31)(H,29,32). The molecule has 1 aromatic heterocycles. The first kappa shape index (κ1) is 21.5. The highest BCUT2D eigenvalue weighted by molar-refractivity contribution is 9.10. The van der Waals surface area contributed by atoms with E-state index in [0.29, 0.717) is 34.4 Å². The molecule has 4 aromatic rings. The molecule has 0 aliphatic rings. The van der Waals surface area contributed by atoms with E-state index < -0.39 is 0 Å². The van der Waals surface area contributed by atoms with Crippen molar-refractivity contribution in [1.29, 1.82) is 0 Å². The van der Waals surface area contributed by atoms with Crippen LogP contribution in [0.15, 0.2) is 96.0 Å². The number of nitrogens with one attached hydrogen (secondary N) is 2. The highest BCUT2D eigenvalue weighted by atomic mass is 79.9. The number of anilines is 1. The molecule has 3 aromatic carbocycles. The highest BCUT2D eigenvalue weighted by Crippen LogP contribution is 2.20. The van der Waals surface area contributed by atoms with Gasteiger partial charge in [-0.05, 0) is 51.3 Å². The molecule has 0 aliphatic carbocycles. The third-order valence-electron chi connectivity index (χ3n) is 5.01. The Labute approximate surface area is 194 Å². The Hall–Kier alpha value is -3.71. The van der Waals surface area contributed by atoms with E-state index in [-0.39, 0.29) is 11.8 Å². The Morgan fingerprint density at radius 1 is 0.844 bits per heavy atom. The van der Waals surface area contributed by atoms with Crippen molar-refractivity contribution in [2.24, 2.45) is 0 Å². The normalized spacial score (nSPS) is 10.5. The molecule has 7 heteroatoms. The van der Waals surface area contributed by atoms with Gasteiger partial charge in [0.25, 0.3) is 11.8 Å². The van der Waals surface area contributed by atoms with Crippen molar-refractivity contribution in [3.05, 3.63) is 118 Å². The number of benzene rings is 3. The predicted molar refractivity (Wildman–Crippen MR) is 127 cm³/mol. The Balaban J connectivity index is 1.47. The van der Waals surface area contributed by atoms with Crippen molar-refractivity contribution in [1.82, 2.24) is 14.9 Å². The van der Waals surface area contributed by atoms with Gasteiger partial charge in [-0.1, -0.05) is 48.5 Å². The van der Waals surface area contributed by atoms with Crippen molar-refractivity contribution >= 4 is 33.4 Å². The number of aromatic nitrogens is 2. The van der Waals surface area contributed by atoms with Crippen LogP contribution in [0.1, 0.15) is 31.8 Å². The van der Waals surface area contributed by atoms with Crippen LogP contribution in [0, 0.1) is 0 Å². The van der Waals surface area contributed by atoms with Gasteiger partial charge in [-0.25, -0.2) is 4.98 Å². The fourth-order valence-electron chi connectivity index (χ4n) is 3.36. The van der Waals surface area contributed by atoms with E-state index >= 15 is 0 Å². The van der Waals surface area contributed by atoms with E-state index in [4.69, 9.17) is 0 Å². The van der Waals surface area contributed by atoms with Gasteiger partial charge in [-0.3, -0.25) is 9.59 Å². The number of rotatable bonds is 7. The summed E-state index contributed by atoms with van der Waals surface area (Å²) in [5, 5.41) is 5.82. The van der Waals surface area contributed by atoms with E-state index in [9.17, 15) is 9.59 Å². The van der Waals surface area contributed by atoms with Gasteiger partial charge in [0.15, 0.2) is 0 Å². The highest BCUT2D eigenvalue weighted by Gasteiger charge is 2.16. The summed E-state index contributed by atoms with van der Waals surface area (Å²) < 4.78 is 2.67. The van der Waals surface area contributed by atoms with Gasteiger partial charge in [0.1, 0.15) is 0 Å². The lowest BCUT2D eigenvalue weighted by Gasteiger charge is -2.14. The maximum absolute atomic E-state index is 13.0. The summed E-state index contributed by atoms with van der Waals surface area (Å²) in [6.45, 7) is 1.04. The van der Waals surface area contributed by atoms with Crippen LogP contribution in [-0.2, 0) is 13.1 Å². The zero-order valence-corrected chi connectivity index (χ0v) is 18.7. The number of halogens is 1. The van der Waals surface area contributed by atoms with Gasteiger partial charge < -0.3 is 15.2 Å². The molecule has 6 nitrogen and oxygen atoms in total. The van der Waals surface area contributed by atoms with E-state index in [1.165, 1.54) is 0 Å². The number of nitrogens with zero attached hydrogens (tertiary/aromatic N) is 2. The molecule has 0 saturated carbocycles. The average molecular weight is 489 g/mol. The zero-order chi connectivity index (χ0) is 22.3. The maximum atomic E-state index is 13.0. The summed E-state index contributed by atoms with van der Waals surface area (Å²) in [5.74, 6) is -0.547. The Kier molecular flexibility index (Phi) is 6.77. The third-order valence-corrected chi connectivity index (χ3v) is 5.70. The fourth-order valence-corrected chi connectivity index (χ4v) is 3.82. The molecule has 2 N–H and O–H groups in total. The lowest BCUT2D eigenvalue weighted by Crippen LogP contribution is -2.25. The van der Waals surface area contributed by atoms with Crippen molar-refractivity contribution in [2.75, 3.05) is 5.32 Å². The van der Waals surface area contributed by atoms with Crippen molar-refractivity contribution in [3.8, 4) is 0 Å². The smallest absolute Gasteiger partial charge is 0.256 e. The second-order valence-electron chi connectivity index (χ2n) is 7.17. The van der Waals surface area contributed by atoms with Crippen LogP contribution >= 0.6 is 15.9 Å². The van der Waals surface area contributed by atoms with Gasteiger partial charge in [0.05, 0.1) is 23.1 Å². The van der Waals surface area contributed by atoms with E-state index in [0.717, 1.165) is 11.1 Å². The summed E-state index contributed by atoms with van der Waals surface area (Å²) in [4.78, 5) is 29.7. The molecular formula is C25H21BrN4O2.